The molecule has 70 valence electrons. The maximum Gasteiger partial charge on any atom is 0.334 e. The molecule has 0 saturated carbocycles. The van der Waals surface area contributed by atoms with Gasteiger partial charge in [0, 0.05) is 5.57 Å². The van der Waals surface area contributed by atoms with Crippen LogP contribution in [0.25, 0.3) is 0 Å². The monoisotopic (exact) mass is 178 g/mol. The van der Waals surface area contributed by atoms with Crippen molar-refractivity contribution in [2.75, 3.05) is 0 Å². The molecule has 0 aromatic heterocycles. The summed E-state index contributed by atoms with van der Waals surface area (Å²) in [4.78, 5) is 11.4. The minimum atomic E-state index is -0.421. The molecule has 13 heavy (non-hydrogen) atoms. The largest absolute Gasteiger partial charge is 0.446 e. The van der Waals surface area contributed by atoms with E-state index in [-0.39, 0.29) is 5.97 Å². The fourth-order valence-corrected chi connectivity index (χ4v) is 1.29. The van der Waals surface area contributed by atoms with Crippen LogP contribution in [0.4, 0.5) is 0 Å². The van der Waals surface area contributed by atoms with Gasteiger partial charge in [0.1, 0.15) is 0 Å². The van der Waals surface area contributed by atoms with Crippen molar-refractivity contribution in [2.45, 2.75) is 38.7 Å². The summed E-state index contributed by atoms with van der Waals surface area (Å²) in [6.07, 6.45) is 10.7. The molecule has 0 aliphatic heterocycles. The molecule has 0 aromatic rings. The Morgan fingerprint density at radius 1 is 1.69 bits per heavy atom. The number of esters is 1. The molecule has 1 aliphatic carbocycles. The second-order valence-electron chi connectivity index (χ2n) is 3.19. The summed E-state index contributed by atoms with van der Waals surface area (Å²) in [6.45, 7) is 1.70. The van der Waals surface area contributed by atoms with Gasteiger partial charge in [0.05, 0.1) is 0 Å². The van der Waals surface area contributed by atoms with E-state index < -0.39 is 6.10 Å². The van der Waals surface area contributed by atoms with Crippen LogP contribution < -0.4 is 0 Å². The van der Waals surface area contributed by atoms with E-state index in [0.29, 0.717) is 0 Å². The van der Waals surface area contributed by atoms with Crippen molar-refractivity contribution in [3.8, 4) is 12.3 Å². The third kappa shape index (κ3) is 2.95. The second kappa shape index (κ2) is 4.71. The number of terminal acetylenes is 1. The van der Waals surface area contributed by atoms with Crippen molar-refractivity contribution < 1.29 is 9.53 Å². The first-order valence-electron chi connectivity index (χ1n) is 4.60. The first kappa shape index (κ1) is 9.85. The van der Waals surface area contributed by atoms with Crippen LogP contribution in [-0.4, -0.2) is 12.1 Å². The molecular weight excluding hydrogens is 164 g/mol. The third-order valence-corrected chi connectivity index (χ3v) is 2.07. The highest BCUT2D eigenvalue weighted by atomic mass is 16.5. The number of hydrogen-bond donors (Lipinski definition) is 0. The fourth-order valence-electron chi connectivity index (χ4n) is 1.29. The van der Waals surface area contributed by atoms with Crippen molar-refractivity contribution in [1.82, 2.24) is 0 Å². The lowest BCUT2D eigenvalue weighted by Crippen LogP contribution is -2.16. The van der Waals surface area contributed by atoms with Gasteiger partial charge < -0.3 is 4.74 Å². The molecule has 1 aliphatic rings. The number of ether oxygens (including phenoxy) is 1. The molecule has 0 radical (unpaired) electrons. The van der Waals surface area contributed by atoms with E-state index in [1.807, 2.05) is 6.08 Å². The normalized spacial score (nSPS) is 18.3. The molecule has 0 amide bonds. The van der Waals surface area contributed by atoms with Crippen LogP contribution in [-0.2, 0) is 9.53 Å². The Kier molecular flexibility index (Phi) is 3.57. The zero-order valence-corrected chi connectivity index (χ0v) is 7.88. The molecule has 0 heterocycles. The van der Waals surface area contributed by atoms with Gasteiger partial charge in [-0.3, -0.25) is 0 Å². The van der Waals surface area contributed by atoms with Crippen molar-refractivity contribution in [2.24, 2.45) is 0 Å². The summed E-state index contributed by atoms with van der Waals surface area (Å²) in [6, 6.07) is 0. The highest BCUT2D eigenvalue weighted by molar-refractivity contribution is 5.88. The number of rotatable bonds is 2. The Morgan fingerprint density at radius 2 is 2.46 bits per heavy atom. The quantitative estimate of drug-likeness (QED) is 0.478. The van der Waals surface area contributed by atoms with Gasteiger partial charge in [0.15, 0.2) is 6.10 Å². The minimum Gasteiger partial charge on any atom is -0.446 e. The predicted molar refractivity (Wildman–Crippen MR) is 50.9 cm³/mol. The summed E-state index contributed by atoms with van der Waals surface area (Å²) in [7, 11) is 0. The Balaban J connectivity index is 2.48. The molecule has 1 rings (SSSR count). The number of carbonyl (C=O) groups excluding carboxylic acids is 1. The molecule has 2 heteroatoms. The van der Waals surface area contributed by atoms with Crippen LogP contribution in [0.2, 0.25) is 0 Å². The van der Waals surface area contributed by atoms with Gasteiger partial charge in [-0.15, -0.1) is 6.42 Å². The molecule has 1 unspecified atom stereocenters. The Labute approximate surface area is 79.0 Å². The van der Waals surface area contributed by atoms with E-state index in [1.165, 1.54) is 6.42 Å². The van der Waals surface area contributed by atoms with Crippen molar-refractivity contribution in [3.05, 3.63) is 11.6 Å². The zero-order chi connectivity index (χ0) is 9.68. The topological polar surface area (TPSA) is 26.3 Å². The highest BCUT2D eigenvalue weighted by Crippen LogP contribution is 2.18. The maximum atomic E-state index is 11.4. The summed E-state index contributed by atoms with van der Waals surface area (Å²) in [5, 5.41) is 0. The standard InChI is InChI=1S/C11H14O2/c1-3-9(2)13-11(12)10-7-5-4-6-8-10/h1,7,9H,4-6,8H2,2H3. The molecule has 0 aromatic carbocycles. The average molecular weight is 178 g/mol. The molecule has 0 fully saturated rings. The molecule has 0 bridgehead atoms. The first-order chi connectivity index (χ1) is 6.24. The molecular formula is C11H14O2. The minimum absolute atomic E-state index is 0.245. The average Bonchev–Trinajstić information content (AvgIpc) is 2.19. The van der Waals surface area contributed by atoms with E-state index >= 15 is 0 Å². The van der Waals surface area contributed by atoms with E-state index in [0.717, 1.165) is 24.8 Å². The summed E-state index contributed by atoms with van der Waals surface area (Å²) < 4.78 is 5.00. The molecule has 1 atom stereocenters. The van der Waals surface area contributed by atoms with Gasteiger partial charge >= 0.3 is 5.97 Å². The number of carbonyl (C=O) groups is 1. The third-order valence-electron chi connectivity index (χ3n) is 2.07. The molecule has 0 spiro atoms. The van der Waals surface area contributed by atoms with Gasteiger partial charge in [0.25, 0.3) is 0 Å². The maximum absolute atomic E-state index is 11.4. The fraction of sp³-hybridized carbons (Fsp3) is 0.545. The van der Waals surface area contributed by atoms with E-state index in [2.05, 4.69) is 5.92 Å². The van der Waals surface area contributed by atoms with Gasteiger partial charge in [0.2, 0.25) is 0 Å². The number of hydrogen-bond acceptors (Lipinski definition) is 2. The van der Waals surface area contributed by atoms with Crippen LogP contribution in [0.1, 0.15) is 32.6 Å². The number of allylic oxidation sites excluding steroid dienone is 1. The Bertz CT molecular complexity index is 258. The SMILES string of the molecule is C#CC(C)OC(=O)C1=CCCCC1. The van der Waals surface area contributed by atoms with E-state index in [4.69, 9.17) is 11.2 Å². The Hall–Kier alpha value is -1.23. The van der Waals surface area contributed by atoms with Crippen molar-refractivity contribution in [3.63, 3.8) is 0 Å². The second-order valence-corrected chi connectivity index (χ2v) is 3.19. The molecule has 2 nitrogen and oxygen atoms in total. The Morgan fingerprint density at radius 3 is 3.00 bits per heavy atom. The van der Waals surface area contributed by atoms with Crippen molar-refractivity contribution in [1.29, 1.82) is 0 Å². The molecule has 0 N–H and O–H groups in total. The van der Waals surface area contributed by atoms with Crippen LogP contribution in [0.15, 0.2) is 11.6 Å². The lowest BCUT2D eigenvalue weighted by atomic mass is 10.00. The van der Waals surface area contributed by atoms with Gasteiger partial charge in [-0.2, -0.15) is 0 Å². The zero-order valence-electron chi connectivity index (χ0n) is 7.88. The van der Waals surface area contributed by atoms with Gasteiger partial charge in [-0.25, -0.2) is 4.79 Å². The van der Waals surface area contributed by atoms with Gasteiger partial charge in [-0.05, 0) is 32.6 Å². The van der Waals surface area contributed by atoms with E-state index in [9.17, 15) is 4.79 Å². The van der Waals surface area contributed by atoms with Crippen LogP contribution >= 0.6 is 0 Å². The smallest absolute Gasteiger partial charge is 0.334 e. The summed E-state index contributed by atoms with van der Waals surface area (Å²) in [5.74, 6) is 2.12. The van der Waals surface area contributed by atoms with E-state index in [1.54, 1.807) is 6.92 Å². The van der Waals surface area contributed by atoms with Crippen LogP contribution in [0.5, 0.6) is 0 Å². The predicted octanol–water partition coefficient (Wildman–Crippen LogP) is 2.05. The van der Waals surface area contributed by atoms with Crippen molar-refractivity contribution >= 4 is 5.97 Å². The molecule has 0 saturated heterocycles. The van der Waals surface area contributed by atoms with Crippen LogP contribution in [0.3, 0.4) is 0 Å². The lowest BCUT2D eigenvalue weighted by Gasteiger charge is -2.13. The van der Waals surface area contributed by atoms with Crippen LogP contribution in [0, 0.1) is 12.3 Å². The van der Waals surface area contributed by atoms with Gasteiger partial charge in [-0.1, -0.05) is 12.0 Å². The summed E-state index contributed by atoms with van der Waals surface area (Å²) in [5.41, 5.74) is 0.786. The summed E-state index contributed by atoms with van der Waals surface area (Å²) >= 11 is 0. The highest BCUT2D eigenvalue weighted by Gasteiger charge is 2.14. The first-order valence-corrected chi connectivity index (χ1v) is 4.60. The lowest BCUT2D eigenvalue weighted by molar-refractivity contribution is -0.141.